The van der Waals surface area contributed by atoms with Gasteiger partial charge in [-0.2, -0.15) is 0 Å². The first-order valence-electron chi connectivity index (χ1n) is 6.92. The van der Waals surface area contributed by atoms with Crippen molar-refractivity contribution in [1.29, 1.82) is 0 Å². The van der Waals surface area contributed by atoms with Crippen LogP contribution in [0.15, 0.2) is 18.2 Å². The summed E-state index contributed by atoms with van der Waals surface area (Å²) in [6.07, 6.45) is 2.19. The summed E-state index contributed by atoms with van der Waals surface area (Å²) < 4.78 is 26.5. The van der Waals surface area contributed by atoms with Gasteiger partial charge in [-0.1, -0.05) is 6.42 Å². The summed E-state index contributed by atoms with van der Waals surface area (Å²) >= 11 is 0. The number of carbonyl (C=O) groups is 2. The SMILES string of the molecule is O=C(O)[C@@H]1CCC[C@H](C(=O)NCc2cc(F)ccc2F)C1. The predicted molar refractivity (Wildman–Crippen MR) is 71.3 cm³/mol. The second-order valence-electron chi connectivity index (χ2n) is 5.35. The number of nitrogens with one attached hydrogen (secondary N) is 1. The third kappa shape index (κ3) is 4.00. The fourth-order valence-corrected chi connectivity index (χ4v) is 2.66. The van der Waals surface area contributed by atoms with Crippen LogP contribution in [0.25, 0.3) is 0 Å². The molecule has 0 aromatic heterocycles. The smallest absolute Gasteiger partial charge is 0.306 e. The van der Waals surface area contributed by atoms with Crippen molar-refractivity contribution in [2.75, 3.05) is 0 Å². The number of hydrogen-bond acceptors (Lipinski definition) is 2. The highest BCUT2D eigenvalue weighted by Crippen LogP contribution is 2.29. The zero-order valence-corrected chi connectivity index (χ0v) is 11.4. The van der Waals surface area contributed by atoms with Crippen molar-refractivity contribution in [2.45, 2.75) is 32.2 Å². The van der Waals surface area contributed by atoms with Crippen LogP contribution in [-0.2, 0) is 16.1 Å². The number of carboxylic acids is 1. The third-order valence-electron chi connectivity index (χ3n) is 3.86. The lowest BCUT2D eigenvalue weighted by molar-refractivity contribution is -0.144. The Kier molecular flexibility index (Phi) is 4.88. The molecule has 0 aliphatic heterocycles. The fourth-order valence-electron chi connectivity index (χ4n) is 2.66. The van der Waals surface area contributed by atoms with Crippen LogP contribution >= 0.6 is 0 Å². The van der Waals surface area contributed by atoms with Crippen LogP contribution < -0.4 is 5.32 Å². The van der Waals surface area contributed by atoms with Gasteiger partial charge in [-0.25, -0.2) is 8.78 Å². The molecule has 1 saturated carbocycles. The summed E-state index contributed by atoms with van der Waals surface area (Å²) in [6.45, 7) is -0.101. The molecule has 1 fully saturated rings. The molecule has 114 valence electrons. The van der Waals surface area contributed by atoms with Crippen molar-refractivity contribution in [2.24, 2.45) is 11.8 Å². The largest absolute Gasteiger partial charge is 0.481 e. The highest BCUT2D eigenvalue weighted by atomic mass is 19.1. The number of halogens is 2. The molecule has 0 unspecified atom stereocenters. The van der Waals surface area contributed by atoms with E-state index in [9.17, 15) is 18.4 Å². The quantitative estimate of drug-likeness (QED) is 0.897. The standard InChI is InChI=1S/C15H17F2NO3/c16-12-4-5-13(17)11(7-12)8-18-14(19)9-2-1-3-10(6-9)15(20)21/h4-5,7,9-10H,1-3,6,8H2,(H,18,19)(H,20,21)/t9-,10+/m0/s1. The second kappa shape index (κ2) is 6.65. The van der Waals surface area contributed by atoms with E-state index < -0.39 is 23.5 Å². The monoisotopic (exact) mass is 297 g/mol. The minimum Gasteiger partial charge on any atom is -0.481 e. The minimum absolute atomic E-state index is 0.0777. The lowest BCUT2D eigenvalue weighted by Crippen LogP contribution is -2.35. The summed E-state index contributed by atoms with van der Waals surface area (Å²) in [5.74, 6) is -3.21. The van der Waals surface area contributed by atoms with E-state index in [0.717, 1.165) is 18.2 Å². The average Bonchev–Trinajstić information content (AvgIpc) is 2.48. The fraction of sp³-hybridized carbons (Fsp3) is 0.467. The van der Waals surface area contributed by atoms with Crippen molar-refractivity contribution in [3.8, 4) is 0 Å². The number of aliphatic carboxylic acids is 1. The van der Waals surface area contributed by atoms with Crippen molar-refractivity contribution in [3.63, 3.8) is 0 Å². The molecule has 0 bridgehead atoms. The Balaban J connectivity index is 1.92. The zero-order chi connectivity index (χ0) is 15.4. The Hall–Kier alpha value is -1.98. The summed E-state index contributed by atoms with van der Waals surface area (Å²) in [7, 11) is 0. The van der Waals surface area contributed by atoms with Gasteiger partial charge < -0.3 is 10.4 Å². The molecule has 2 N–H and O–H groups in total. The maximum atomic E-state index is 13.4. The van der Waals surface area contributed by atoms with E-state index in [1.54, 1.807) is 0 Å². The summed E-state index contributed by atoms with van der Waals surface area (Å²) in [5, 5.41) is 11.5. The number of benzene rings is 1. The molecular formula is C15H17F2NO3. The molecule has 1 amide bonds. The van der Waals surface area contributed by atoms with Gasteiger partial charge in [-0.15, -0.1) is 0 Å². The van der Waals surface area contributed by atoms with E-state index in [1.807, 2.05) is 0 Å². The molecule has 0 saturated heterocycles. The topological polar surface area (TPSA) is 66.4 Å². The summed E-state index contributed by atoms with van der Waals surface area (Å²) in [6, 6.07) is 3.06. The van der Waals surface area contributed by atoms with Gasteiger partial charge in [0, 0.05) is 18.0 Å². The second-order valence-corrected chi connectivity index (χ2v) is 5.35. The van der Waals surface area contributed by atoms with Crippen molar-refractivity contribution >= 4 is 11.9 Å². The average molecular weight is 297 g/mol. The van der Waals surface area contributed by atoms with E-state index >= 15 is 0 Å². The first-order chi connectivity index (χ1) is 9.97. The van der Waals surface area contributed by atoms with Gasteiger partial charge in [0.25, 0.3) is 0 Å². The van der Waals surface area contributed by atoms with Gasteiger partial charge in [-0.05, 0) is 37.5 Å². The molecule has 2 atom stereocenters. The molecular weight excluding hydrogens is 280 g/mol. The molecule has 1 aromatic carbocycles. The Bertz CT molecular complexity index is 548. The van der Waals surface area contributed by atoms with Crippen LogP contribution in [0, 0.1) is 23.5 Å². The number of rotatable bonds is 4. The first-order valence-corrected chi connectivity index (χ1v) is 6.92. The number of carboxylic acid groups (broad SMARTS) is 1. The first kappa shape index (κ1) is 15.4. The van der Waals surface area contributed by atoms with Crippen molar-refractivity contribution in [1.82, 2.24) is 5.32 Å². The highest BCUT2D eigenvalue weighted by Gasteiger charge is 2.30. The van der Waals surface area contributed by atoms with Crippen LogP contribution in [0.1, 0.15) is 31.2 Å². The molecule has 21 heavy (non-hydrogen) atoms. The maximum absolute atomic E-state index is 13.4. The molecule has 0 heterocycles. The lowest BCUT2D eigenvalue weighted by Gasteiger charge is -2.25. The molecule has 2 rings (SSSR count). The van der Waals surface area contributed by atoms with E-state index in [1.165, 1.54) is 0 Å². The lowest BCUT2D eigenvalue weighted by atomic mass is 9.81. The molecule has 0 spiro atoms. The van der Waals surface area contributed by atoms with Gasteiger partial charge in [0.05, 0.1) is 5.92 Å². The van der Waals surface area contributed by atoms with Gasteiger partial charge in [-0.3, -0.25) is 9.59 Å². The summed E-state index contributed by atoms with van der Waals surface area (Å²) in [4.78, 5) is 23.0. The minimum atomic E-state index is -0.885. The highest BCUT2D eigenvalue weighted by molar-refractivity contribution is 5.80. The molecule has 4 nitrogen and oxygen atoms in total. The Morgan fingerprint density at radius 2 is 1.95 bits per heavy atom. The molecule has 6 heteroatoms. The number of amides is 1. The van der Waals surface area contributed by atoms with E-state index in [0.29, 0.717) is 25.7 Å². The summed E-state index contributed by atoms with van der Waals surface area (Å²) in [5.41, 5.74) is 0.0777. The van der Waals surface area contributed by atoms with E-state index in [-0.39, 0.29) is 23.9 Å². The molecule has 1 aliphatic carbocycles. The normalized spacial score (nSPS) is 21.8. The molecule has 0 radical (unpaired) electrons. The van der Waals surface area contributed by atoms with Gasteiger partial charge in [0.1, 0.15) is 11.6 Å². The van der Waals surface area contributed by atoms with Crippen LogP contribution in [0.2, 0.25) is 0 Å². The van der Waals surface area contributed by atoms with Gasteiger partial charge in [0.15, 0.2) is 0 Å². The number of hydrogen-bond donors (Lipinski definition) is 2. The molecule has 1 aromatic rings. The maximum Gasteiger partial charge on any atom is 0.306 e. The molecule has 1 aliphatic rings. The van der Waals surface area contributed by atoms with Gasteiger partial charge >= 0.3 is 5.97 Å². The third-order valence-corrected chi connectivity index (χ3v) is 3.86. The Morgan fingerprint density at radius 3 is 2.67 bits per heavy atom. The van der Waals surface area contributed by atoms with Crippen LogP contribution in [0.3, 0.4) is 0 Å². The van der Waals surface area contributed by atoms with Gasteiger partial charge in [0.2, 0.25) is 5.91 Å². The van der Waals surface area contributed by atoms with Crippen LogP contribution in [0.4, 0.5) is 8.78 Å². The Labute approximate surface area is 121 Å². The van der Waals surface area contributed by atoms with Crippen LogP contribution in [-0.4, -0.2) is 17.0 Å². The van der Waals surface area contributed by atoms with E-state index in [2.05, 4.69) is 5.32 Å². The van der Waals surface area contributed by atoms with Crippen LogP contribution in [0.5, 0.6) is 0 Å². The van der Waals surface area contributed by atoms with Crippen molar-refractivity contribution < 1.29 is 23.5 Å². The van der Waals surface area contributed by atoms with E-state index in [4.69, 9.17) is 5.11 Å². The predicted octanol–water partition coefficient (Wildman–Crippen LogP) is 2.47. The Morgan fingerprint density at radius 1 is 1.24 bits per heavy atom. The van der Waals surface area contributed by atoms with Crippen molar-refractivity contribution in [3.05, 3.63) is 35.4 Å². The zero-order valence-electron chi connectivity index (χ0n) is 11.4. The number of carbonyl (C=O) groups excluding carboxylic acids is 1.